The summed E-state index contributed by atoms with van der Waals surface area (Å²) in [5, 5.41) is 13.3. The van der Waals surface area contributed by atoms with Crippen molar-refractivity contribution in [3.8, 4) is 11.3 Å². The van der Waals surface area contributed by atoms with Gasteiger partial charge in [0.1, 0.15) is 0 Å². The van der Waals surface area contributed by atoms with Crippen LogP contribution < -0.4 is 0 Å². The molecule has 0 unspecified atom stereocenters. The Morgan fingerprint density at radius 3 is 2.18 bits per heavy atom. The van der Waals surface area contributed by atoms with Crippen molar-refractivity contribution in [3.05, 3.63) is 83.9 Å². The molecule has 0 fully saturated rings. The maximum absolute atomic E-state index is 11.7. The van der Waals surface area contributed by atoms with Crippen LogP contribution in [-0.2, 0) is 24.9 Å². The molecule has 2 aromatic heterocycles. The Morgan fingerprint density at radius 1 is 0.895 bits per heavy atom. The molecule has 0 amide bonds. The molecule has 203 valence electrons. The van der Waals surface area contributed by atoms with Gasteiger partial charge in [0.25, 0.3) is 0 Å². The van der Waals surface area contributed by atoms with Crippen LogP contribution in [-0.4, -0.2) is 20.9 Å². The van der Waals surface area contributed by atoms with E-state index < -0.39 is 0 Å². The molecule has 0 saturated heterocycles. The van der Waals surface area contributed by atoms with Crippen LogP contribution in [0.1, 0.15) is 64.5 Å². The first-order valence-electron chi connectivity index (χ1n) is 13.4. The first-order chi connectivity index (χ1) is 17.8. The molecule has 0 bridgehead atoms. The minimum absolute atomic E-state index is 0. The van der Waals surface area contributed by atoms with E-state index in [0.29, 0.717) is 0 Å². The van der Waals surface area contributed by atoms with E-state index in [1.165, 1.54) is 22.6 Å². The maximum atomic E-state index is 11.7. The topological polar surface area (TPSA) is 63.1 Å². The number of aryl methyl sites for hydroxylation is 2. The summed E-state index contributed by atoms with van der Waals surface area (Å²) in [4.78, 5) is 20.8. The first-order valence-corrected chi connectivity index (χ1v) is 13.4. The number of nitrogens with zero attached hydrogens (tertiary/aromatic N) is 2. The summed E-state index contributed by atoms with van der Waals surface area (Å²) in [7, 11) is 0. The van der Waals surface area contributed by atoms with E-state index in [-0.39, 0.29) is 43.5 Å². The number of carbonyl (C=O) groups excluding carboxylic acids is 1. The quantitative estimate of drug-likeness (QED) is 0.0871. The van der Waals surface area contributed by atoms with Crippen LogP contribution in [0.2, 0.25) is 0 Å². The number of hydrogen-bond donors (Lipinski definition) is 1. The largest absolute Gasteiger partial charge is 0.512 e. The number of ketones is 1. The average Bonchev–Trinajstić information content (AvgIpc) is 2.91. The number of rotatable bonds is 8. The fourth-order valence-electron chi connectivity index (χ4n) is 4.50. The molecule has 4 nitrogen and oxygen atoms in total. The molecular weight excluding hydrogens is 649 g/mol. The molecule has 5 heteroatoms. The standard InChI is InChI=1S/C20H15N2.C13H24O2.Ir/c1-13-9-19(21-11-14(13)2)15-7-8-18-17-6-4-3-5-16(17)12-22-20(18)10-15;1-5-10(6-2)12(14)9-13(15)11(7-3)8-4;/h3-6,8-12H,1-2H3;9-11,14H,5-8H2,1-4H3;/q-1;;/b;12-9-;. The number of benzene rings is 2. The van der Waals surface area contributed by atoms with Crippen molar-refractivity contribution >= 4 is 27.5 Å². The number of aliphatic hydroxyl groups excluding tert-OH is 1. The van der Waals surface area contributed by atoms with Gasteiger partial charge in [0.15, 0.2) is 5.78 Å². The third-order valence-corrected chi connectivity index (χ3v) is 7.25. The number of fused-ring (bicyclic) bond motifs is 3. The summed E-state index contributed by atoms with van der Waals surface area (Å²) in [5.41, 5.74) is 5.35. The zero-order valence-corrected chi connectivity index (χ0v) is 25.7. The summed E-state index contributed by atoms with van der Waals surface area (Å²) >= 11 is 0. The van der Waals surface area contributed by atoms with E-state index in [1.807, 2.05) is 52.2 Å². The zero-order chi connectivity index (χ0) is 26.9. The van der Waals surface area contributed by atoms with Crippen LogP contribution in [0, 0.1) is 31.7 Å². The molecule has 1 radical (unpaired) electrons. The molecule has 4 rings (SSSR count). The number of hydrogen-bond acceptors (Lipinski definition) is 4. The number of allylic oxidation sites excluding steroid dienone is 2. The minimum Gasteiger partial charge on any atom is -0.512 e. The Kier molecular flexibility index (Phi) is 12.3. The van der Waals surface area contributed by atoms with Crippen LogP contribution >= 0.6 is 0 Å². The summed E-state index contributed by atoms with van der Waals surface area (Å²) in [6.07, 6.45) is 8.75. The Hall–Kier alpha value is -2.88. The van der Waals surface area contributed by atoms with E-state index >= 15 is 0 Å². The molecule has 0 aliphatic carbocycles. The second kappa shape index (κ2) is 14.9. The Labute approximate surface area is 241 Å². The van der Waals surface area contributed by atoms with Gasteiger partial charge in [-0.05, 0) is 67.1 Å². The van der Waals surface area contributed by atoms with Crippen LogP contribution in [0.5, 0.6) is 0 Å². The molecule has 4 aromatic rings. The van der Waals surface area contributed by atoms with Gasteiger partial charge < -0.3 is 10.1 Å². The molecular formula is C33H39IrN2O2-. The summed E-state index contributed by atoms with van der Waals surface area (Å²) in [5.74, 6) is 0.547. The van der Waals surface area contributed by atoms with Crippen molar-refractivity contribution in [2.45, 2.75) is 67.2 Å². The predicted octanol–water partition coefficient (Wildman–Crippen LogP) is 8.73. The van der Waals surface area contributed by atoms with Gasteiger partial charge in [-0.2, -0.15) is 0 Å². The van der Waals surface area contributed by atoms with Gasteiger partial charge in [-0.3, -0.25) is 9.78 Å². The normalized spacial score (nSPS) is 11.4. The monoisotopic (exact) mass is 688 g/mol. The van der Waals surface area contributed by atoms with Gasteiger partial charge in [-0.15, -0.1) is 23.8 Å². The van der Waals surface area contributed by atoms with Crippen LogP contribution in [0.25, 0.3) is 32.9 Å². The van der Waals surface area contributed by atoms with Crippen LogP contribution in [0.3, 0.4) is 0 Å². The molecule has 2 aromatic carbocycles. The molecule has 2 heterocycles. The molecule has 38 heavy (non-hydrogen) atoms. The fourth-order valence-corrected chi connectivity index (χ4v) is 4.50. The summed E-state index contributed by atoms with van der Waals surface area (Å²) < 4.78 is 0. The van der Waals surface area contributed by atoms with E-state index in [4.69, 9.17) is 0 Å². The van der Waals surface area contributed by atoms with E-state index in [1.54, 1.807) is 0 Å². The molecule has 0 atom stereocenters. The SMILES string of the molecule is CCC(CC)C(=O)/C=C(\O)C(CC)CC.Cc1cnc(-c2[c-]cc3c(c2)ncc2ccccc23)cc1C.[Ir]. The van der Waals surface area contributed by atoms with Crippen molar-refractivity contribution in [3.63, 3.8) is 0 Å². The summed E-state index contributed by atoms with van der Waals surface area (Å²) in [6, 6.07) is 17.9. The average molecular weight is 688 g/mol. The summed E-state index contributed by atoms with van der Waals surface area (Å²) in [6.45, 7) is 12.2. The second-order valence-corrected chi connectivity index (χ2v) is 9.64. The van der Waals surface area contributed by atoms with Crippen LogP contribution in [0.15, 0.2) is 66.7 Å². The van der Waals surface area contributed by atoms with Crippen molar-refractivity contribution in [2.24, 2.45) is 11.8 Å². The molecule has 0 aliphatic rings. The first kappa shape index (κ1) is 31.3. The zero-order valence-electron chi connectivity index (χ0n) is 23.3. The number of aromatic nitrogens is 2. The molecule has 0 saturated carbocycles. The minimum atomic E-state index is 0. The van der Waals surface area contributed by atoms with E-state index in [9.17, 15) is 9.90 Å². The molecule has 1 N–H and O–H groups in total. The van der Waals surface area contributed by atoms with Gasteiger partial charge in [0.05, 0.1) is 5.76 Å². The van der Waals surface area contributed by atoms with Gasteiger partial charge in [-0.1, -0.05) is 69.0 Å². The number of carbonyl (C=O) groups is 1. The molecule has 0 aliphatic heterocycles. The van der Waals surface area contributed by atoms with Crippen molar-refractivity contribution in [1.29, 1.82) is 0 Å². The van der Waals surface area contributed by atoms with Crippen molar-refractivity contribution in [1.82, 2.24) is 9.97 Å². The van der Waals surface area contributed by atoms with Gasteiger partial charge in [0.2, 0.25) is 0 Å². The number of aliphatic hydroxyl groups is 1. The maximum Gasteiger partial charge on any atom is 0.162 e. The number of pyridine rings is 2. The van der Waals surface area contributed by atoms with Gasteiger partial charge in [0, 0.05) is 50.4 Å². The fraction of sp³-hybridized carbons (Fsp3) is 0.364. The van der Waals surface area contributed by atoms with E-state index in [2.05, 4.69) is 60.2 Å². The third-order valence-electron chi connectivity index (χ3n) is 7.25. The Morgan fingerprint density at radius 2 is 1.55 bits per heavy atom. The van der Waals surface area contributed by atoms with Gasteiger partial charge >= 0.3 is 0 Å². The Bertz CT molecular complexity index is 1390. The second-order valence-electron chi connectivity index (χ2n) is 9.64. The van der Waals surface area contributed by atoms with Crippen molar-refractivity contribution in [2.75, 3.05) is 0 Å². The predicted molar refractivity (Wildman–Crippen MR) is 155 cm³/mol. The van der Waals surface area contributed by atoms with E-state index in [0.717, 1.165) is 53.2 Å². The van der Waals surface area contributed by atoms with Crippen molar-refractivity contribution < 1.29 is 30.0 Å². The Balaban J connectivity index is 0.000000282. The smallest absolute Gasteiger partial charge is 0.162 e. The van der Waals surface area contributed by atoms with Gasteiger partial charge in [-0.25, -0.2) is 0 Å². The third kappa shape index (κ3) is 7.58. The molecule has 0 spiro atoms. The van der Waals surface area contributed by atoms with Crippen LogP contribution in [0.4, 0.5) is 0 Å².